The third kappa shape index (κ3) is 4.19. The van der Waals surface area contributed by atoms with Gasteiger partial charge >= 0.3 is 0 Å². The Morgan fingerprint density at radius 3 is 3.00 bits per heavy atom. The number of aromatic nitrogens is 3. The van der Waals surface area contributed by atoms with Crippen LogP contribution in [-0.2, 0) is 17.6 Å². The van der Waals surface area contributed by atoms with E-state index in [1.165, 1.54) is 22.2 Å². The summed E-state index contributed by atoms with van der Waals surface area (Å²) in [4.78, 5) is 19.3. The highest BCUT2D eigenvalue weighted by Crippen LogP contribution is 2.40. The summed E-state index contributed by atoms with van der Waals surface area (Å²) in [5.74, 6) is 2.51. The molecule has 7 heteroatoms. The Morgan fingerprint density at radius 1 is 1.27 bits per heavy atom. The van der Waals surface area contributed by atoms with Gasteiger partial charge in [0.25, 0.3) is 0 Å². The van der Waals surface area contributed by atoms with Gasteiger partial charge in [0.15, 0.2) is 5.82 Å². The number of rotatable bonds is 6. The van der Waals surface area contributed by atoms with Crippen LogP contribution in [0.5, 0.6) is 0 Å². The highest BCUT2D eigenvalue weighted by atomic mass is 32.1. The monoisotopic (exact) mass is 423 g/mol. The fourth-order valence-corrected chi connectivity index (χ4v) is 5.81. The zero-order valence-electron chi connectivity index (χ0n) is 17.6. The van der Waals surface area contributed by atoms with Crippen molar-refractivity contribution in [3.05, 3.63) is 35.0 Å². The summed E-state index contributed by atoms with van der Waals surface area (Å²) >= 11 is 1.85. The van der Waals surface area contributed by atoms with Crippen molar-refractivity contribution in [3.63, 3.8) is 0 Å². The molecule has 0 radical (unpaired) electrons. The van der Waals surface area contributed by atoms with Crippen LogP contribution in [0.25, 0.3) is 21.6 Å². The summed E-state index contributed by atoms with van der Waals surface area (Å²) in [6.45, 7) is 8.15. The Kier molecular flexibility index (Phi) is 5.93. The van der Waals surface area contributed by atoms with Crippen LogP contribution in [0.1, 0.15) is 30.2 Å². The number of anilines is 1. The summed E-state index contributed by atoms with van der Waals surface area (Å²) in [6.07, 6.45) is 8.28. The molecule has 3 aromatic heterocycles. The molecule has 3 aromatic rings. The SMILES string of the molecule is C[C@H]1CCc2c(sc3nc(-c4cccnc4)nc(NCCCN4CCOCC4)c23)C1. The van der Waals surface area contributed by atoms with E-state index in [4.69, 9.17) is 14.7 Å². The van der Waals surface area contributed by atoms with E-state index >= 15 is 0 Å². The van der Waals surface area contributed by atoms with E-state index in [1.54, 1.807) is 6.20 Å². The smallest absolute Gasteiger partial charge is 0.164 e. The van der Waals surface area contributed by atoms with E-state index in [0.717, 1.165) is 86.6 Å². The van der Waals surface area contributed by atoms with Crippen molar-refractivity contribution in [2.75, 3.05) is 44.7 Å². The Hall–Kier alpha value is -2.09. The molecule has 158 valence electrons. The molecule has 1 atom stereocenters. The highest BCUT2D eigenvalue weighted by molar-refractivity contribution is 7.19. The number of hydrogen-bond donors (Lipinski definition) is 1. The molecule has 0 saturated carbocycles. The van der Waals surface area contributed by atoms with E-state index in [2.05, 4.69) is 22.1 Å². The van der Waals surface area contributed by atoms with E-state index in [9.17, 15) is 0 Å². The van der Waals surface area contributed by atoms with Gasteiger partial charge < -0.3 is 10.1 Å². The van der Waals surface area contributed by atoms with Gasteiger partial charge in [0.1, 0.15) is 10.6 Å². The third-order valence-electron chi connectivity index (χ3n) is 6.12. The molecule has 0 bridgehead atoms. The average molecular weight is 424 g/mol. The minimum atomic E-state index is 0.751. The van der Waals surface area contributed by atoms with Crippen LogP contribution in [0.3, 0.4) is 0 Å². The normalized spacial score (nSPS) is 19.7. The maximum Gasteiger partial charge on any atom is 0.164 e. The molecule has 0 spiro atoms. The predicted octanol–water partition coefficient (Wildman–Crippen LogP) is 4.01. The van der Waals surface area contributed by atoms with Crippen LogP contribution < -0.4 is 5.32 Å². The number of ether oxygens (including phenoxy) is 1. The van der Waals surface area contributed by atoms with Crippen LogP contribution in [-0.4, -0.2) is 59.2 Å². The van der Waals surface area contributed by atoms with Gasteiger partial charge in [0.2, 0.25) is 0 Å². The van der Waals surface area contributed by atoms with Crippen molar-refractivity contribution >= 4 is 27.4 Å². The van der Waals surface area contributed by atoms with Gasteiger partial charge in [-0.2, -0.15) is 0 Å². The number of thiophene rings is 1. The fraction of sp³-hybridized carbons (Fsp3) is 0.522. The number of pyridine rings is 1. The molecule has 0 unspecified atom stereocenters. The van der Waals surface area contributed by atoms with Crippen LogP contribution >= 0.6 is 11.3 Å². The molecular weight excluding hydrogens is 394 g/mol. The second-order valence-corrected chi connectivity index (χ2v) is 9.49. The van der Waals surface area contributed by atoms with Crippen molar-refractivity contribution in [3.8, 4) is 11.4 Å². The highest BCUT2D eigenvalue weighted by Gasteiger charge is 2.24. The lowest BCUT2D eigenvalue weighted by atomic mass is 9.89. The van der Waals surface area contributed by atoms with E-state index in [-0.39, 0.29) is 0 Å². The van der Waals surface area contributed by atoms with E-state index < -0.39 is 0 Å². The molecule has 6 nitrogen and oxygen atoms in total. The van der Waals surface area contributed by atoms with Crippen LogP contribution in [0.2, 0.25) is 0 Å². The number of nitrogens with one attached hydrogen (secondary N) is 1. The Balaban J connectivity index is 1.42. The maximum absolute atomic E-state index is 5.45. The third-order valence-corrected chi connectivity index (χ3v) is 7.27. The summed E-state index contributed by atoms with van der Waals surface area (Å²) in [7, 11) is 0. The van der Waals surface area contributed by atoms with E-state index in [1.807, 2.05) is 29.7 Å². The lowest BCUT2D eigenvalue weighted by Crippen LogP contribution is -2.37. The minimum Gasteiger partial charge on any atom is -0.379 e. The lowest BCUT2D eigenvalue weighted by molar-refractivity contribution is 0.0378. The number of fused-ring (bicyclic) bond motifs is 3. The number of morpholine rings is 1. The second-order valence-electron chi connectivity index (χ2n) is 8.40. The number of hydrogen-bond acceptors (Lipinski definition) is 7. The first-order valence-corrected chi connectivity index (χ1v) is 11.9. The van der Waals surface area contributed by atoms with Crippen molar-refractivity contribution < 1.29 is 4.74 Å². The van der Waals surface area contributed by atoms with Crippen LogP contribution in [0, 0.1) is 5.92 Å². The average Bonchev–Trinajstić information content (AvgIpc) is 3.15. The summed E-state index contributed by atoms with van der Waals surface area (Å²) in [6, 6.07) is 3.98. The molecule has 1 aliphatic heterocycles. The fourth-order valence-electron chi connectivity index (χ4n) is 4.43. The molecule has 0 amide bonds. The van der Waals surface area contributed by atoms with Gasteiger partial charge in [0, 0.05) is 42.5 Å². The molecule has 30 heavy (non-hydrogen) atoms. The quantitative estimate of drug-likeness (QED) is 0.605. The van der Waals surface area contributed by atoms with Crippen molar-refractivity contribution in [2.24, 2.45) is 5.92 Å². The summed E-state index contributed by atoms with van der Waals surface area (Å²) in [5, 5.41) is 4.91. The Labute approximate surface area is 181 Å². The molecule has 1 N–H and O–H groups in total. The Bertz CT molecular complexity index is 1000. The van der Waals surface area contributed by atoms with Gasteiger partial charge in [0.05, 0.1) is 18.6 Å². The zero-order chi connectivity index (χ0) is 20.3. The van der Waals surface area contributed by atoms with Crippen molar-refractivity contribution in [1.82, 2.24) is 19.9 Å². The van der Waals surface area contributed by atoms with Crippen LogP contribution in [0.4, 0.5) is 5.82 Å². The Morgan fingerprint density at radius 2 is 2.17 bits per heavy atom. The van der Waals surface area contributed by atoms with Gasteiger partial charge in [-0.3, -0.25) is 9.88 Å². The minimum absolute atomic E-state index is 0.751. The molecule has 1 fully saturated rings. The zero-order valence-corrected chi connectivity index (χ0v) is 18.4. The topological polar surface area (TPSA) is 63.2 Å². The summed E-state index contributed by atoms with van der Waals surface area (Å²) < 4.78 is 5.45. The maximum atomic E-state index is 5.45. The van der Waals surface area contributed by atoms with Gasteiger partial charge in [-0.25, -0.2) is 9.97 Å². The van der Waals surface area contributed by atoms with Gasteiger partial charge in [-0.05, 0) is 55.8 Å². The lowest BCUT2D eigenvalue weighted by Gasteiger charge is -2.26. The number of aryl methyl sites for hydroxylation is 1. The molecular formula is C23H29N5OS. The molecule has 2 aliphatic rings. The molecule has 1 aliphatic carbocycles. The standard InChI is InChI=1S/C23H29N5OS/c1-16-5-6-18-19(14-16)30-23-20(18)22(25-8-3-9-28-10-12-29-13-11-28)26-21(27-23)17-4-2-7-24-15-17/h2,4,7,15-16H,3,5-6,8-14H2,1H3,(H,25,26,27)/t16-/m0/s1. The molecule has 4 heterocycles. The largest absolute Gasteiger partial charge is 0.379 e. The number of nitrogens with zero attached hydrogens (tertiary/aromatic N) is 4. The second kappa shape index (κ2) is 8.96. The van der Waals surface area contributed by atoms with Crippen LogP contribution in [0.15, 0.2) is 24.5 Å². The van der Waals surface area contributed by atoms with Crippen molar-refractivity contribution in [2.45, 2.75) is 32.6 Å². The van der Waals surface area contributed by atoms with Gasteiger partial charge in [-0.1, -0.05) is 6.92 Å². The molecule has 1 saturated heterocycles. The first-order chi connectivity index (χ1) is 14.8. The first-order valence-electron chi connectivity index (χ1n) is 11.0. The van der Waals surface area contributed by atoms with Gasteiger partial charge in [-0.15, -0.1) is 11.3 Å². The van der Waals surface area contributed by atoms with Crippen molar-refractivity contribution in [1.29, 1.82) is 0 Å². The summed E-state index contributed by atoms with van der Waals surface area (Å²) in [5.41, 5.74) is 2.44. The molecule has 0 aromatic carbocycles. The molecule has 5 rings (SSSR count). The first kappa shape index (κ1) is 19.8. The predicted molar refractivity (Wildman–Crippen MR) is 122 cm³/mol. The van der Waals surface area contributed by atoms with E-state index in [0.29, 0.717) is 0 Å².